The van der Waals surface area contributed by atoms with Gasteiger partial charge in [0.2, 0.25) is 0 Å². The highest BCUT2D eigenvalue weighted by atomic mass is 32.2. The van der Waals surface area contributed by atoms with E-state index in [1.807, 2.05) is 6.07 Å². The van der Waals surface area contributed by atoms with E-state index in [-0.39, 0.29) is 5.75 Å². The molecule has 0 spiro atoms. The van der Waals surface area contributed by atoms with Crippen LogP contribution in [0.4, 0.5) is 0 Å². The molecule has 0 fully saturated rings. The summed E-state index contributed by atoms with van der Waals surface area (Å²) >= 11 is 0. The average Bonchev–Trinajstić information content (AvgIpc) is 2.64. The Kier molecular flexibility index (Phi) is 12.8. The first-order valence-corrected chi connectivity index (χ1v) is 10.2. The molecule has 0 atom stereocenters. The van der Waals surface area contributed by atoms with Gasteiger partial charge in [-0.2, -0.15) is 0 Å². The number of hydrogen-bond donors (Lipinski definition) is 3. The normalized spacial score (nSPS) is 11.2. The van der Waals surface area contributed by atoms with Crippen molar-refractivity contribution in [3.8, 4) is 0 Å². The van der Waals surface area contributed by atoms with Crippen molar-refractivity contribution in [2.45, 2.75) is 18.7 Å². The van der Waals surface area contributed by atoms with Gasteiger partial charge in [0.15, 0.2) is 9.84 Å². The van der Waals surface area contributed by atoms with E-state index in [1.54, 1.807) is 24.3 Å². The number of likely N-dealkylation sites (N-methyl/N-ethyl adjacent to an activating group) is 1. The van der Waals surface area contributed by atoms with E-state index in [4.69, 9.17) is 10.2 Å². The zero-order valence-electron chi connectivity index (χ0n) is 15.7. The summed E-state index contributed by atoms with van der Waals surface area (Å²) in [4.78, 5) is 21.8. The number of nitrogens with one attached hydrogen (secondary N) is 1. The molecule has 152 valence electrons. The van der Waals surface area contributed by atoms with Crippen molar-refractivity contribution in [3.05, 3.63) is 42.5 Å². The summed E-state index contributed by atoms with van der Waals surface area (Å²) in [5.41, 5.74) is 0. The molecule has 0 bridgehead atoms. The third-order valence-corrected chi connectivity index (χ3v) is 5.25. The smallest absolute Gasteiger partial charge is 0.328 e. The third kappa shape index (κ3) is 12.7. The lowest BCUT2D eigenvalue weighted by Gasteiger charge is -2.17. The fraction of sp³-hybridized carbons (Fsp3) is 0.444. The van der Waals surface area contributed by atoms with Crippen molar-refractivity contribution in [2.24, 2.45) is 0 Å². The summed E-state index contributed by atoms with van der Waals surface area (Å²) < 4.78 is 24.0. The van der Waals surface area contributed by atoms with Crippen LogP contribution in [-0.4, -0.2) is 73.9 Å². The Bertz CT molecular complexity index is 669. The summed E-state index contributed by atoms with van der Waals surface area (Å²) in [5.74, 6) is -2.37. The van der Waals surface area contributed by atoms with Gasteiger partial charge in [-0.05, 0) is 25.2 Å². The van der Waals surface area contributed by atoms with Crippen molar-refractivity contribution >= 4 is 21.8 Å². The predicted molar refractivity (Wildman–Crippen MR) is 104 cm³/mol. The fourth-order valence-electron chi connectivity index (χ4n) is 2.00. The molecule has 1 aromatic rings. The number of rotatable bonds is 11. The molecule has 0 aliphatic rings. The zero-order valence-corrected chi connectivity index (χ0v) is 16.5. The maximum atomic E-state index is 12.0. The molecule has 0 aromatic heterocycles. The molecule has 0 aliphatic carbocycles. The van der Waals surface area contributed by atoms with E-state index in [0.717, 1.165) is 26.2 Å². The molecule has 3 N–H and O–H groups in total. The summed E-state index contributed by atoms with van der Waals surface area (Å²) in [6.45, 7) is 8.59. The van der Waals surface area contributed by atoms with Crippen molar-refractivity contribution in [3.63, 3.8) is 0 Å². The lowest BCUT2D eigenvalue weighted by atomic mass is 10.4. The average molecular weight is 400 g/mol. The first-order chi connectivity index (χ1) is 12.7. The van der Waals surface area contributed by atoms with E-state index < -0.39 is 21.8 Å². The molecule has 27 heavy (non-hydrogen) atoms. The standard InChI is InChI=1S/C14H24N2O2S.C4H4O4/c1-3-16(4-2)12-10-15-11-13-19(17,18)14-8-6-5-7-9-14;5-3(6)1-2-4(7)8/h5-9,15H,3-4,10-13H2,1-2H3;1-2H,(H,5,6)(H,7,8)/b;2-1-. The second-order valence-electron chi connectivity index (χ2n) is 5.42. The van der Waals surface area contributed by atoms with Gasteiger partial charge in [0.25, 0.3) is 0 Å². The molecule has 0 unspecified atom stereocenters. The Hall–Kier alpha value is -2.23. The van der Waals surface area contributed by atoms with E-state index in [9.17, 15) is 18.0 Å². The van der Waals surface area contributed by atoms with E-state index in [1.165, 1.54) is 0 Å². The van der Waals surface area contributed by atoms with E-state index in [2.05, 4.69) is 24.1 Å². The largest absolute Gasteiger partial charge is 0.478 e. The lowest BCUT2D eigenvalue weighted by Crippen LogP contribution is -2.33. The number of hydrogen-bond acceptors (Lipinski definition) is 6. The third-order valence-electron chi connectivity index (χ3n) is 3.52. The molecule has 1 aromatic carbocycles. The van der Waals surface area contributed by atoms with Crippen LogP contribution in [0.3, 0.4) is 0 Å². The van der Waals surface area contributed by atoms with Crippen LogP contribution in [0.5, 0.6) is 0 Å². The Morgan fingerprint density at radius 1 is 1.00 bits per heavy atom. The number of carboxylic acid groups (broad SMARTS) is 2. The molecular formula is C18H28N2O6S. The Labute approximate surface area is 160 Å². The minimum Gasteiger partial charge on any atom is -0.478 e. The molecule has 9 heteroatoms. The van der Waals surface area contributed by atoms with Gasteiger partial charge in [-0.15, -0.1) is 0 Å². The fourth-order valence-corrected chi connectivity index (χ4v) is 3.22. The van der Waals surface area contributed by atoms with Gasteiger partial charge in [-0.25, -0.2) is 18.0 Å². The summed E-state index contributed by atoms with van der Waals surface area (Å²) in [6.07, 6.45) is 1.12. The molecule has 0 amide bonds. The van der Waals surface area contributed by atoms with Crippen molar-refractivity contribution in [2.75, 3.05) is 38.5 Å². The van der Waals surface area contributed by atoms with Crippen molar-refractivity contribution < 1.29 is 28.2 Å². The number of nitrogens with zero attached hydrogens (tertiary/aromatic N) is 1. The van der Waals surface area contributed by atoms with Crippen molar-refractivity contribution in [1.29, 1.82) is 0 Å². The highest BCUT2D eigenvalue weighted by Gasteiger charge is 2.12. The number of benzene rings is 1. The summed E-state index contributed by atoms with van der Waals surface area (Å²) in [6, 6.07) is 8.61. The molecule has 0 saturated heterocycles. The molecule has 0 heterocycles. The Balaban J connectivity index is 0.000000713. The zero-order chi connectivity index (χ0) is 20.7. The number of carboxylic acids is 2. The van der Waals surface area contributed by atoms with Gasteiger partial charge in [0, 0.05) is 31.8 Å². The molecule has 0 aliphatic heterocycles. The van der Waals surface area contributed by atoms with Gasteiger partial charge in [0.1, 0.15) is 0 Å². The maximum absolute atomic E-state index is 12.0. The Morgan fingerprint density at radius 2 is 1.52 bits per heavy atom. The van der Waals surface area contributed by atoms with Crippen LogP contribution in [0, 0.1) is 0 Å². The van der Waals surface area contributed by atoms with Crippen LogP contribution in [0.2, 0.25) is 0 Å². The number of carbonyl (C=O) groups is 2. The molecule has 8 nitrogen and oxygen atoms in total. The molecule has 0 radical (unpaired) electrons. The minimum atomic E-state index is -3.15. The number of sulfone groups is 1. The molecular weight excluding hydrogens is 372 g/mol. The molecule has 1 rings (SSSR count). The van der Waals surface area contributed by atoms with Crippen LogP contribution in [0.1, 0.15) is 13.8 Å². The summed E-state index contributed by atoms with van der Waals surface area (Å²) in [5, 5.41) is 18.8. The predicted octanol–water partition coefficient (Wildman–Crippen LogP) is 1.10. The lowest BCUT2D eigenvalue weighted by molar-refractivity contribution is -0.134. The highest BCUT2D eigenvalue weighted by Crippen LogP contribution is 2.09. The first kappa shape index (κ1) is 24.8. The van der Waals surface area contributed by atoms with Gasteiger partial charge < -0.3 is 20.4 Å². The first-order valence-electron chi connectivity index (χ1n) is 8.57. The van der Waals surface area contributed by atoms with Gasteiger partial charge in [-0.3, -0.25) is 0 Å². The monoisotopic (exact) mass is 400 g/mol. The van der Waals surface area contributed by atoms with Crippen molar-refractivity contribution in [1.82, 2.24) is 10.2 Å². The number of aliphatic carboxylic acids is 2. The van der Waals surface area contributed by atoms with Crippen LogP contribution in [-0.2, 0) is 19.4 Å². The van der Waals surface area contributed by atoms with Crippen LogP contribution < -0.4 is 5.32 Å². The molecule has 0 saturated carbocycles. The second kappa shape index (κ2) is 13.9. The minimum absolute atomic E-state index is 0.148. The SMILES string of the molecule is CCN(CC)CCNCCS(=O)(=O)c1ccccc1.O=C(O)/C=C\C(=O)O. The quantitative estimate of drug-likeness (QED) is 0.373. The van der Waals surface area contributed by atoms with E-state index in [0.29, 0.717) is 23.6 Å². The van der Waals surface area contributed by atoms with Gasteiger partial charge in [0.05, 0.1) is 10.6 Å². The topological polar surface area (TPSA) is 124 Å². The van der Waals surface area contributed by atoms with Crippen LogP contribution in [0.15, 0.2) is 47.4 Å². The maximum Gasteiger partial charge on any atom is 0.328 e. The van der Waals surface area contributed by atoms with Gasteiger partial charge in [-0.1, -0.05) is 32.0 Å². The van der Waals surface area contributed by atoms with E-state index >= 15 is 0 Å². The highest BCUT2D eigenvalue weighted by molar-refractivity contribution is 7.91. The van der Waals surface area contributed by atoms with Crippen LogP contribution >= 0.6 is 0 Å². The second-order valence-corrected chi connectivity index (χ2v) is 7.53. The Morgan fingerprint density at radius 3 is 1.96 bits per heavy atom. The van der Waals surface area contributed by atoms with Crippen LogP contribution in [0.25, 0.3) is 0 Å². The summed E-state index contributed by atoms with van der Waals surface area (Å²) in [7, 11) is -3.15. The van der Waals surface area contributed by atoms with Gasteiger partial charge >= 0.3 is 11.9 Å².